The lowest BCUT2D eigenvalue weighted by Gasteiger charge is -2.03. The van der Waals surface area contributed by atoms with Gasteiger partial charge in [0.05, 0.1) is 0 Å². The summed E-state index contributed by atoms with van der Waals surface area (Å²) in [6.07, 6.45) is 4.58. The van der Waals surface area contributed by atoms with Crippen molar-refractivity contribution in [2.24, 2.45) is 5.16 Å². The number of oxime groups is 1. The lowest BCUT2D eigenvalue weighted by molar-refractivity contribution is -0.129. The van der Waals surface area contributed by atoms with Gasteiger partial charge in [-0.1, -0.05) is 61.7 Å². The zero-order valence-corrected chi connectivity index (χ0v) is 11.3. The first-order valence-corrected chi connectivity index (χ1v) is 6.70. The minimum Gasteiger partial charge on any atom is -0.477 e. The Kier molecular flexibility index (Phi) is 7.32. The van der Waals surface area contributed by atoms with Gasteiger partial charge in [0.15, 0.2) is 5.71 Å². The van der Waals surface area contributed by atoms with E-state index in [0.29, 0.717) is 13.0 Å². The molecule has 0 aliphatic heterocycles. The van der Waals surface area contributed by atoms with E-state index in [1.54, 1.807) is 0 Å². The van der Waals surface area contributed by atoms with Gasteiger partial charge in [0.1, 0.15) is 6.61 Å². The highest BCUT2D eigenvalue weighted by molar-refractivity contribution is 6.35. The second-order valence-corrected chi connectivity index (χ2v) is 4.41. The highest BCUT2D eigenvalue weighted by Crippen LogP contribution is 2.06. The van der Waals surface area contributed by atoms with Gasteiger partial charge in [0, 0.05) is 6.42 Å². The van der Waals surface area contributed by atoms with E-state index in [0.717, 1.165) is 31.2 Å². The van der Waals surface area contributed by atoms with Crippen LogP contribution < -0.4 is 0 Å². The summed E-state index contributed by atoms with van der Waals surface area (Å²) in [5, 5.41) is 12.7. The summed E-state index contributed by atoms with van der Waals surface area (Å²) in [4.78, 5) is 16.1. The Balaban J connectivity index is 2.38. The lowest BCUT2D eigenvalue weighted by atomic mass is 10.1. The van der Waals surface area contributed by atoms with Crippen LogP contribution in [0.5, 0.6) is 0 Å². The molecule has 0 amide bonds. The minimum atomic E-state index is -0.996. The molecule has 4 heteroatoms. The van der Waals surface area contributed by atoms with Crippen LogP contribution in [-0.4, -0.2) is 16.8 Å². The van der Waals surface area contributed by atoms with Crippen molar-refractivity contribution in [3.8, 4) is 0 Å². The Labute approximate surface area is 114 Å². The van der Waals surface area contributed by atoms with E-state index in [9.17, 15) is 4.79 Å². The van der Waals surface area contributed by atoms with Gasteiger partial charge in [-0.3, -0.25) is 0 Å². The van der Waals surface area contributed by atoms with Crippen molar-refractivity contribution in [3.63, 3.8) is 0 Å². The molecule has 1 N–H and O–H groups in total. The van der Waals surface area contributed by atoms with Crippen molar-refractivity contribution in [2.45, 2.75) is 45.6 Å². The molecule has 0 unspecified atom stereocenters. The third-order valence-corrected chi connectivity index (χ3v) is 2.76. The van der Waals surface area contributed by atoms with Crippen LogP contribution in [0.2, 0.25) is 0 Å². The van der Waals surface area contributed by atoms with E-state index in [4.69, 9.17) is 9.94 Å². The van der Waals surface area contributed by atoms with Crippen molar-refractivity contribution < 1.29 is 14.7 Å². The Morgan fingerprint density at radius 2 is 1.95 bits per heavy atom. The van der Waals surface area contributed by atoms with Gasteiger partial charge in [-0.25, -0.2) is 4.79 Å². The molecule has 4 nitrogen and oxygen atoms in total. The molecule has 0 radical (unpaired) electrons. The fraction of sp³-hybridized carbons (Fsp3) is 0.467. The summed E-state index contributed by atoms with van der Waals surface area (Å²) in [5.74, 6) is -0.996. The molecule has 0 atom stereocenters. The van der Waals surface area contributed by atoms with E-state index in [2.05, 4.69) is 12.1 Å². The first-order chi connectivity index (χ1) is 9.24. The number of carboxylic acid groups (broad SMARTS) is 1. The number of unbranched alkanes of at least 4 members (excludes halogenated alkanes) is 3. The van der Waals surface area contributed by atoms with E-state index < -0.39 is 5.97 Å². The van der Waals surface area contributed by atoms with Gasteiger partial charge < -0.3 is 9.94 Å². The molecule has 0 heterocycles. The van der Waals surface area contributed by atoms with Crippen molar-refractivity contribution in [2.75, 3.05) is 0 Å². The number of carboxylic acids is 1. The molecule has 1 aromatic carbocycles. The van der Waals surface area contributed by atoms with Gasteiger partial charge in [-0.2, -0.15) is 0 Å². The average Bonchev–Trinajstić information content (AvgIpc) is 2.42. The van der Waals surface area contributed by atoms with Crippen LogP contribution in [0.4, 0.5) is 0 Å². The average molecular weight is 263 g/mol. The summed E-state index contributed by atoms with van der Waals surface area (Å²) >= 11 is 0. The number of nitrogens with zero attached hydrogens (tertiary/aromatic N) is 1. The molecular weight excluding hydrogens is 242 g/mol. The van der Waals surface area contributed by atoms with E-state index in [1.165, 1.54) is 0 Å². The maximum Gasteiger partial charge on any atom is 0.353 e. The van der Waals surface area contributed by atoms with Crippen molar-refractivity contribution in [1.82, 2.24) is 0 Å². The van der Waals surface area contributed by atoms with Gasteiger partial charge >= 0.3 is 5.97 Å². The zero-order valence-electron chi connectivity index (χ0n) is 11.3. The highest BCUT2D eigenvalue weighted by atomic mass is 16.6. The van der Waals surface area contributed by atoms with Gasteiger partial charge in [-0.15, -0.1) is 0 Å². The lowest BCUT2D eigenvalue weighted by Crippen LogP contribution is -2.13. The topological polar surface area (TPSA) is 58.9 Å². The third-order valence-electron chi connectivity index (χ3n) is 2.76. The standard InChI is InChI=1S/C15H21NO3/c1-2-3-4-8-11-14(15(17)18)16-19-12-13-9-6-5-7-10-13/h5-7,9-10H,2-4,8,11-12H2,1H3,(H,17,18)/b16-14-. The van der Waals surface area contributed by atoms with Crippen LogP contribution in [0.15, 0.2) is 35.5 Å². The number of hydrogen-bond acceptors (Lipinski definition) is 3. The summed E-state index contributed by atoms with van der Waals surface area (Å²) in [5.41, 5.74) is 1.08. The number of rotatable bonds is 9. The second kappa shape index (κ2) is 9.14. The van der Waals surface area contributed by atoms with E-state index in [-0.39, 0.29) is 5.71 Å². The molecule has 19 heavy (non-hydrogen) atoms. The second-order valence-electron chi connectivity index (χ2n) is 4.41. The van der Waals surface area contributed by atoms with E-state index >= 15 is 0 Å². The predicted octanol–water partition coefficient (Wildman–Crippen LogP) is 3.61. The molecule has 0 bridgehead atoms. The normalized spacial score (nSPS) is 11.3. The van der Waals surface area contributed by atoms with Crippen molar-refractivity contribution >= 4 is 11.7 Å². The Morgan fingerprint density at radius 1 is 1.21 bits per heavy atom. The highest BCUT2D eigenvalue weighted by Gasteiger charge is 2.09. The molecule has 1 rings (SSSR count). The van der Waals surface area contributed by atoms with Gasteiger partial charge in [0.2, 0.25) is 0 Å². The minimum absolute atomic E-state index is 0.104. The van der Waals surface area contributed by atoms with Crippen LogP contribution >= 0.6 is 0 Å². The molecule has 0 saturated carbocycles. The number of hydrogen-bond donors (Lipinski definition) is 1. The van der Waals surface area contributed by atoms with Crippen LogP contribution in [-0.2, 0) is 16.2 Å². The molecule has 104 valence electrons. The maximum absolute atomic E-state index is 11.0. The predicted molar refractivity (Wildman–Crippen MR) is 75.1 cm³/mol. The molecule has 0 fully saturated rings. The van der Waals surface area contributed by atoms with E-state index in [1.807, 2.05) is 30.3 Å². The van der Waals surface area contributed by atoms with Crippen LogP contribution in [0, 0.1) is 0 Å². The monoisotopic (exact) mass is 263 g/mol. The quantitative estimate of drug-likeness (QED) is 0.420. The number of carbonyl (C=O) groups is 1. The molecule has 0 saturated heterocycles. The summed E-state index contributed by atoms with van der Waals surface area (Å²) in [7, 11) is 0. The summed E-state index contributed by atoms with van der Waals surface area (Å²) < 4.78 is 0. The number of aliphatic carboxylic acids is 1. The Bertz CT molecular complexity index is 401. The molecule has 1 aromatic rings. The fourth-order valence-corrected chi connectivity index (χ4v) is 1.67. The van der Waals surface area contributed by atoms with Crippen LogP contribution in [0.3, 0.4) is 0 Å². The zero-order chi connectivity index (χ0) is 13.9. The molecular formula is C15H21NO3. The first kappa shape index (κ1) is 15.2. The molecule has 0 aliphatic rings. The maximum atomic E-state index is 11.0. The molecule has 0 aromatic heterocycles. The Morgan fingerprint density at radius 3 is 2.58 bits per heavy atom. The largest absolute Gasteiger partial charge is 0.477 e. The van der Waals surface area contributed by atoms with Crippen molar-refractivity contribution in [3.05, 3.63) is 35.9 Å². The first-order valence-electron chi connectivity index (χ1n) is 6.70. The Hall–Kier alpha value is -1.84. The summed E-state index contributed by atoms with van der Waals surface area (Å²) in [6.45, 7) is 2.42. The van der Waals surface area contributed by atoms with Gasteiger partial charge in [-0.05, 0) is 12.0 Å². The van der Waals surface area contributed by atoms with Gasteiger partial charge in [0.25, 0.3) is 0 Å². The van der Waals surface area contributed by atoms with Crippen LogP contribution in [0.1, 0.15) is 44.6 Å². The SMILES string of the molecule is CCCCCC/C(=N/OCc1ccccc1)C(=O)O. The third kappa shape index (κ3) is 6.60. The molecule has 0 spiro atoms. The molecule has 0 aliphatic carbocycles. The summed E-state index contributed by atoms with van der Waals surface area (Å²) in [6, 6.07) is 9.56. The van der Waals surface area contributed by atoms with Crippen molar-refractivity contribution in [1.29, 1.82) is 0 Å². The fourth-order valence-electron chi connectivity index (χ4n) is 1.67. The number of benzene rings is 1. The van der Waals surface area contributed by atoms with Crippen LogP contribution in [0.25, 0.3) is 0 Å². The smallest absolute Gasteiger partial charge is 0.353 e.